The molecule has 12 heteroatoms. The zero-order valence-corrected chi connectivity index (χ0v) is 44.1. The fourth-order valence-electron chi connectivity index (χ4n) is 9.51. The van der Waals surface area contributed by atoms with Gasteiger partial charge in [-0.3, -0.25) is 0 Å². The van der Waals surface area contributed by atoms with E-state index in [0.29, 0.717) is 5.56 Å². The van der Waals surface area contributed by atoms with E-state index < -0.39 is 15.4 Å². The molecule has 1 aromatic heterocycles. The van der Waals surface area contributed by atoms with Crippen molar-refractivity contribution in [2.24, 2.45) is 0 Å². The van der Waals surface area contributed by atoms with Crippen molar-refractivity contribution < 1.29 is 61.5 Å². The van der Waals surface area contributed by atoms with Crippen LogP contribution < -0.4 is 58.3 Å². The van der Waals surface area contributed by atoms with Gasteiger partial charge in [-0.15, -0.1) is 0 Å². The molecule has 0 aliphatic heterocycles. The second-order valence-corrected chi connectivity index (χ2v) is 18.9. The third kappa shape index (κ3) is 10.7. The number of hydrogen-bond acceptors (Lipinski definition) is 9. The first-order chi connectivity index (χ1) is 35.1. The maximum Gasteiger partial charge on any atom is 1.00 e. The summed E-state index contributed by atoms with van der Waals surface area (Å²) in [5.41, 5.74) is 12.1. The van der Waals surface area contributed by atoms with Crippen molar-refractivity contribution in [1.29, 1.82) is 0 Å². The molecule has 10 nitrogen and oxygen atoms in total. The molecule has 0 saturated carbocycles. The first-order valence-electron chi connectivity index (χ1n) is 23.6. The minimum absolute atomic E-state index is 0. The predicted molar refractivity (Wildman–Crippen MR) is 289 cm³/mol. The van der Waals surface area contributed by atoms with Crippen molar-refractivity contribution in [3.63, 3.8) is 0 Å². The summed E-state index contributed by atoms with van der Waals surface area (Å²) in [5.74, 6) is 3.08. The number of anilines is 6. The molecular formula is C61H52N3NaO7S. The second-order valence-electron chi connectivity index (χ2n) is 17.4. The molecule has 73 heavy (non-hydrogen) atoms. The summed E-state index contributed by atoms with van der Waals surface area (Å²) >= 11 is 0. The van der Waals surface area contributed by atoms with Gasteiger partial charge < -0.3 is 37.9 Å². The molecule has 0 spiro atoms. The van der Waals surface area contributed by atoms with Crippen molar-refractivity contribution in [3.8, 4) is 45.3 Å². The van der Waals surface area contributed by atoms with Gasteiger partial charge in [-0.25, -0.2) is 8.42 Å². The number of fused-ring (bicyclic) bond motifs is 3. The molecule has 0 aliphatic rings. The maximum atomic E-state index is 12.9. The number of aryl methyl sites for hydroxylation is 1. The number of rotatable bonds is 17. The first kappa shape index (κ1) is 50.4. The zero-order chi connectivity index (χ0) is 49.8. The molecular weight excluding hydrogens is 942 g/mol. The van der Waals surface area contributed by atoms with Gasteiger partial charge in [0.15, 0.2) is 0 Å². The Balaban J connectivity index is 0.00000656. The van der Waals surface area contributed by atoms with Crippen LogP contribution in [-0.2, 0) is 16.7 Å². The summed E-state index contributed by atoms with van der Waals surface area (Å²) in [7, 11) is 1.94. The van der Waals surface area contributed by atoms with Gasteiger partial charge in [0, 0.05) is 62.5 Å². The third-order valence-electron chi connectivity index (χ3n) is 13.2. The Kier molecular flexibility index (Phi) is 15.3. The van der Waals surface area contributed by atoms with E-state index in [4.69, 9.17) is 18.9 Å². The molecule has 0 saturated heterocycles. The van der Waals surface area contributed by atoms with Crippen LogP contribution in [0.15, 0.2) is 212 Å². The van der Waals surface area contributed by atoms with E-state index in [0.717, 1.165) is 101 Å². The van der Waals surface area contributed by atoms with Crippen LogP contribution in [0, 0.1) is 0 Å². The SMILES string of the molecule is COc1ccc(N(c2ccc(OC)cc2)c2ccc(-c3ccc4c5ccc(-c6ccc(N(c7ccc(OC)cc7)c7ccc(OC)cc7)cc6)cc5n(CCC(c5ccccc5)S(=O)(=O)[O-])c4c3)cc2)cc1.[Na+]. The molecule has 0 amide bonds. The topological polar surface area (TPSA) is 106 Å². The van der Waals surface area contributed by atoms with Gasteiger partial charge in [0.2, 0.25) is 0 Å². The minimum Gasteiger partial charge on any atom is -0.747 e. The van der Waals surface area contributed by atoms with E-state index in [1.807, 2.05) is 103 Å². The number of benzene rings is 9. The Labute approximate surface area is 448 Å². The van der Waals surface area contributed by atoms with Crippen LogP contribution >= 0.6 is 0 Å². The minimum atomic E-state index is -4.69. The van der Waals surface area contributed by atoms with Crippen LogP contribution in [-0.4, -0.2) is 46.0 Å². The molecule has 0 N–H and O–H groups in total. The summed E-state index contributed by atoms with van der Waals surface area (Å²) in [6, 6.07) is 70.4. The van der Waals surface area contributed by atoms with Crippen LogP contribution in [0.2, 0.25) is 0 Å². The van der Waals surface area contributed by atoms with Gasteiger partial charge in [0.25, 0.3) is 0 Å². The average Bonchev–Trinajstić information content (AvgIpc) is 3.74. The Hall–Kier alpha value is -7.51. The van der Waals surface area contributed by atoms with E-state index in [2.05, 4.69) is 99.3 Å². The Bertz CT molecular complexity index is 3280. The van der Waals surface area contributed by atoms with Gasteiger partial charge in [0.05, 0.1) is 33.7 Å². The van der Waals surface area contributed by atoms with Crippen molar-refractivity contribution >= 4 is 66.0 Å². The van der Waals surface area contributed by atoms with Crippen LogP contribution in [0.3, 0.4) is 0 Å². The van der Waals surface area contributed by atoms with E-state index in [1.54, 1.807) is 52.7 Å². The number of aromatic nitrogens is 1. The molecule has 9 aromatic carbocycles. The summed E-state index contributed by atoms with van der Waals surface area (Å²) in [6.45, 7) is 0.281. The summed E-state index contributed by atoms with van der Waals surface area (Å²) in [6.07, 6.45) is 0.0890. The normalized spacial score (nSPS) is 11.7. The molecule has 1 atom stereocenters. The Morgan fingerprint density at radius 1 is 0.425 bits per heavy atom. The Morgan fingerprint density at radius 2 is 0.726 bits per heavy atom. The molecule has 10 rings (SSSR count). The van der Waals surface area contributed by atoms with Crippen molar-refractivity contribution in [1.82, 2.24) is 4.57 Å². The molecule has 0 bridgehead atoms. The maximum absolute atomic E-state index is 12.9. The fraction of sp³-hybridized carbons (Fsp3) is 0.115. The largest absolute Gasteiger partial charge is 1.00 e. The standard InChI is InChI=1S/C61H53N3O7S.Na/c1-68-53-28-20-49(21-29-53)63(50-22-30-54(69-2)31-23-50)47-16-10-42(11-17-47)45-14-36-57-58-37-15-46(41-60(58)62(59(57)40-45)39-38-61(72(65,66)67)44-8-6-5-7-9-44)43-12-18-48(19-13-43)64(51-24-32-55(70-3)33-25-51)52-26-34-56(71-4)35-27-52;/h5-37,40-41,61H,38-39H2,1-4H3,(H,65,66,67);/q;+1/p-1. The second kappa shape index (κ2) is 22.1. The van der Waals surface area contributed by atoms with E-state index in [-0.39, 0.29) is 42.5 Å². The molecule has 0 fully saturated rings. The van der Waals surface area contributed by atoms with Crippen LogP contribution in [0.4, 0.5) is 34.1 Å². The molecule has 1 heterocycles. The number of nitrogens with zero attached hydrogens (tertiary/aromatic N) is 3. The van der Waals surface area contributed by atoms with Crippen molar-refractivity contribution in [2.45, 2.75) is 18.2 Å². The first-order valence-corrected chi connectivity index (χ1v) is 25.0. The quantitative estimate of drug-likeness (QED) is 0.0651. The number of hydrogen-bond donors (Lipinski definition) is 0. The molecule has 0 radical (unpaired) electrons. The molecule has 10 aromatic rings. The van der Waals surface area contributed by atoms with Gasteiger partial charge in [0.1, 0.15) is 33.1 Å². The van der Waals surface area contributed by atoms with Gasteiger partial charge in [-0.2, -0.15) is 0 Å². The average molecular weight is 994 g/mol. The van der Waals surface area contributed by atoms with E-state index in [9.17, 15) is 13.0 Å². The van der Waals surface area contributed by atoms with Crippen molar-refractivity contribution in [2.75, 3.05) is 38.2 Å². The van der Waals surface area contributed by atoms with Crippen LogP contribution in [0.25, 0.3) is 44.1 Å². The van der Waals surface area contributed by atoms with Crippen LogP contribution in [0.5, 0.6) is 23.0 Å². The van der Waals surface area contributed by atoms with Gasteiger partial charge in [-0.1, -0.05) is 78.9 Å². The molecule has 1 unspecified atom stereocenters. The summed E-state index contributed by atoms with van der Waals surface area (Å²) in [5, 5.41) is 0.818. The Morgan fingerprint density at radius 3 is 1.03 bits per heavy atom. The van der Waals surface area contributed by atoms with Gasteiger partial charge in [-0.05, 0) is 168 Å². The summed E-state index contributed by atoms with van der Waals surface area (Å²) < 4.78 is 62.8. The predicted octanol–water partition coefficient (Wildman–Crippen LogP) is 11.8. The van der Waals surface area contributed by atoms with E-state index in [1.165, 1.54) is 0 Å². The van der Waals surface area contributed by atoms with Gasteiger partial charge >= 0.3 is 29.6 Å². The fourth-order valence-corrected chi connectivity index (χ4v) is 10.4. The van der Waals surface area contributed by atoms with Crippen molar-refractivity contribution in [3.05, 3.63) is 218 Å². The molecule has 0 aliphatic carbocycles. The monoisotopic (exact) mass is 993 g/mol. The number of methoxy groups -OCH3 is 4. The molecule has 360 valence electrons. The zero-order valence-electron chi connectivity index (χ0n) is 41.3. The van der Waals surface area contributed by atoms with Crippen LogP contribution in [0.1, 0.15) is 17.2 Å². The third-order valence-corrected chi connectivity index (χ3v) is 14.4. The van der Waals surface area contributed by atoms with E-state index >= 15 is 0 Å². The smallest absolute Gasteiger partial charge is 0.747 e. The summed E-state index contributed by atoms with van der Waals surface area (Å²) in [4.78, 5) is 4.36. The number of ether oxygens (including phenoxy) is 4.